The molecule has 2 rings (SSSR count). The molecule has 0 aromatic heterocycles. The van der Waals surface area contributed by atoms with Gasteiger partial charge in [0.25, 0.3) is 0 Å². The summed E-state index contributed by atoms with van der Waals surface area (Å²) in [5.41, 5.74) is 6.11. The van der Waals surface area contributed by atoms with Gasteiger partial charge in [-0.05, 0) is 38.1 Å². The van der Waals surface area contributed by atoms with Crippen molar-refractivity contribution in [3.63, 3.8) is 0 Å². The molecule has 0 spiro atoms. The fraction of sp³-hybridized carbons (Fsp3) is 0.571. The second-order valence-electron chi connectivity index (χ2n) is 5.21. The lowest BCUT2D eigenvalue weighted by molar-refractivity contribution is 0.232. The van der Waals surface area contributed by atoms with Gasteiger partial charge in [0, 0.05) is 24.8 Å². The van der Waals surface area contributed by atoms with Crippen LogP contribution in [0.25, 0.3) is 0 Å². The molecule has 0 atom stereocenters. The Morgan fingerprint density at radius 1 is 1.29 bits per heavy atom. The number of methoxy groups -OCH3 is 1. The number of nitrogen functional groups attached to an aromatic ring is 1. The molecule has 1 fully saturated rings. The lowest BCUT2D eigenvalue weighted by atomic mass is 10.1. The fourth-order valence-electron chi connectivity index (χ4n) is 2.51. The van der Waals surface area contributed by atoms with E-state index in [2.05, 4.69) is 9.62 Å². The topological polar surface area (TPSA) is 84.7 Å². The van der Waals surface area contributed by atoms with Gasteiger partial charge in [-0.15, -0.1) is 0 Å². The summed E-state index contributed by atoms with van der Waals surface area (Å²) in [6.07, 6.45) is 3.65. The van der Waals surface area contributed by atoms with Gasteiger partial charge in [0.15, 0.2) is 0 Å². The van der Waals surface area contributed by atoms with Crippen LogP contribution >= 0.6 is 0 Å². The van der Waals surface area contributed by atoms with Gasteiger partial charge >= 0.3 is 0 Å². The third-order valence-electron chi connectivity index (χ3n) is 3.65. The molecule has 6 nitrogen and oxygen atoms in total. The number of hydrogen-bond donors (Lipinski definition) is 2. The third-order valence-corrected chi connectivity index (χ3v) is 5.15. The highest BCUT2D eigenvalue weighted by Crippen LogP contribution is 2.25. The van der Waals surface area contributed by atoms with E-state index >= 15 is 0 Å². The lowest BCUT2D eigenvalue weighted by Gasteiger charge is -2.26. The van der Waals surface area contributed by atoms with Crippen molar-refractivity contribution in [2.45, 2.75) is 24.2 Å². The Hall–Kier alpha value is -1.31. The molecule has 0 aliphatic carbocycles. The van der Waals surface area contributed by atoms with Crippen molar-refractivity contribution in [1.82, 2.24) is 9.62 Å². The lowest BCUT2D eigenvalue weighted by Crippen LogP contribution is -2.37. The van der Waals surface area contributed by atoms with Crippen LogP contribution in [0.1, 0.15) is 19.3 Å². The van der Waals surface area contributed by atoms with Crippen molar-refractivity contribution >= 4 is 15.7 Å². The number of sulfonamides is 1. The monoisotopic (exact) mass is 313 g/mol. The predicted octanol–water partition coefficient (Wildman–Crippen LogP) is 1.04. The molecule has 21 heavy (non-hydrogen) atoms. The summed E-state index contributed by atoms with van der Waals surface area (Å²) < 4.78 is 32.4. The maximum Gasteiger partial charge on any atom is 0.244 e. The average molecular weight is 313 g/mol. The molecule has 1 heterocycles. The summed E-state index contributed by atoms with van der Waals surface area (Å²) in [5.74, 6) is 0.264. The molecule has 0 bridgehead atoms. The Labute approximate surface area is 126 Å². The molecule has 0 amide bonds. The highest BCUT2D eigenvalue weighted by atomic mass is 32.2. The van der Waals surface area contributed by atoms with Gasteiger partial charge in [-0.1, -0.05) is 6.42 Å². The van der Waals surface area contributed by atoms with E-state index in [0.29, 0.717) is 12.2 Å². The zero-order chi connectivity index (χ0) is 15.3. The van der Waals surface area contributed by atoms with Crippen molar-refractivity contribution in [2.24, 2.45) is 0 Å². The molecule has 118 valence electrons. The first-order chi connectivity index (χ1) is 10.0. The number of piperidine rings is 1. The Morgan fingerprint density at radius 3 is 2.67 bits per heavy atom. The second-order valence-corrected chi connectivity index (χ2v) is 6.95. The molecule has 1 aromatic rings. The van der Waals surface area contributed by atoms with E-state index in [0.717, 1.165) is 19.6 Å². The minimum atomic E-state index is -3.58. The normalized spacial score (nSPS) is 16.8. The molecule has 1 aliphatic heterocycles. The maximum atomic E-state index is 12.3. The minimum Gasteiger partial charge on any atom is -0.495 e. The number of rotatable bonds is 6. The van der Waals surface area contributed by atoms with E-state index < -0.39 is 10.0 Å². The fourth-order valence-corrected chi connectivity index (χ4v) is 3.67. The standard InChI is InChI=1S/C14H23N3O3S/c1-20-13-11-12(15)5-6-14(13)21(18,19)16-7-10-17-8-3-2-4-9-17/h5-6,11,16H,2-4,7-10,15H2,1H3. The van der Waals surface area contributed by atoms with E-state index in [1.165, 1.54) is 38.5 Å². The number of nitrogens with one attached hydrogen (secondary N) is 1. The van der Waals surface area contributed by atoms with Crippen LogP contribution in [0.2, 0.25) is 0 Å². The Morgan fingerprint density at radius 2 is 2.00 bits per heavy atom. The molecule has 3 N–H and O–H groups in total. The van der Waals surface area contributed by atoms with E-state index in [1.807, 2.05) is 0 Å². The number of nitrogens with zero attached hydrogens (tertiary/aromatic N) is 1. The van der Waals surface area contributed by atoms with E-state index in [-0.39, 0.29) is 10.6 Å². The zero-order valence-electron chi connectivity index (χ0n) is 12.3. The number of anilines is 1. The van der Waals surface area contributed by atoms with Crippen molar-refractivity contribution < 1.29 is 13.2 Å². The molecule has 0 saturated carbocycles. The summed E-state index contributed by atoms with van der Waals surface area (Å²) in [6.45, 7) is 3.23. The second kappa shape index (κ2) is 7.11. The number of benzene rings is 1. The predicted molar refractivity (Wildman–Crippen MR) is 82.9 cm³/mol. The summed E-state index contributed by atoms with van der Waals surface area (Å²) in [6, 6.07) is 4.54. The molecule has 7 heteroatoms. The first-order valence-electron chi connectivity index (χ1n) is 7.18. The van der Waals surface area contributed by atoms with Crippen molar-refractivity contribution in [1.29, 1.82) is 0 Å². The SMILES string of the molecule is COc1cc(N)ccc1S(=O)(=O)NCCN1CCCCC1. The molecule has 1 saturated heterocycles. The summed E-state index contributed by atoms with van der Waals surface area (Å²) in [5, 5.41) is 0. The average Bonchev–Trinajstić information content (AvgIpc) is 2.47. The minimum absolute atomic E-state index is 0.123. The summed E-state index contributed by atoms with van der Waals surface area (Å²) in [7, 11) is -2.15. The quantitative estimate of drug-likeness (QED) is 0.767. The van der Waals surface area contributed by atoms with Gasteiger partial charge in [-0.2, -0.15) is 0 Å². The Kier molecular flexibility index (Phi) is 5.44. The van der Waals surface area contributed by atoms with E-state index in [9.17, 15) is 8.42 Å². The van der Waals surface area contributed by atoms with Gasteiger partial charge in [-0.3, -0.25) is 0 Å². The molecule has 1 aliphatic rings. The molecule has 1 aromatic carbocycles. The highest BCUT2D eigenvalue weighted by Gasteiger charge is 2.19. The van der Waals surface area contributed by atoms with Crippen LogP contribution < -0.4 is 15.2 Å². The first-order valence-corrected chi connectivity index (χ1v) is 8.67. The molecule has 0 unspecified atom stereocenters. The first kappa shape index (κ1) is 16.1. The van der Waals surface area contributed by atoms with Crippen molar-refractivity contribution in [2.75, 3.05) is 39.0 Å². The van der Waals surface area contributed by atoms with E-state index in [1.54, 1.807) is 6.07 Å². The number of hydrogen-bond acceptors (Lipinski definition) is 5. The van der Waals surface area contributed by atoms with Crippen LogP contribution in [0.5, 0.6) is 5.75 Å². The summed E-state index contributed by atoms with van der Waals surface area (Å²) >= 11 is 0. The number of likely N-dealkylation sites (tertiary alicyclic amines) is 1. The van der Waals surface area contributed by atoms with Crippen LogP contribution in [0.4, 0.5) is 5.69 Å². The number of ether oxygens (including phenoxy) is 1. The zero-order valence-corrected chi connectivity index (χ0v) is 13.2. The van der Waals surface area contributed by atoms with Crippen LogP contribution in [-0.2, 0) is 10.0 Å². The van der Waals surface area contributed by atoms with Gasteiger partial charge < -0.3 is 15.4 Å². The van der Waals surface area contributed by atoms with Crippen LogP contribution in [-0.4, -0.2) is 46.6 Å². The van der Waals surface area contributed by atoms with Crippen LogP contribution in [0.15, 0.2) is 23.1 Å². The largest absolute Gasteiger partial charge is 0.495 e. The molecule has 0 radical (unpaired) electrons. The van der Waals surface area contributed by atoms with Crippen molar-refractivity contribution in [3.8, 4) is 5.75 Å². The summed E-state index contributed by atoms with van der Waals surface area (Å²) in [4.78, 5) is 2.41. The third kappa shape index (κ3) is 4.33. The van der Waals surface area contributed by atoms with E-state index in [4.69, 9.17) is 10.5 Å². The van der Waals surface area contributed by atoms with Crippen molar-refractivity contribution in [3.05, 3.63) is 18.2 Å². The molecular weight excluding hydrogens is 290 g/mol. The van der Waals surface area contributed by atoms with Gasteiger partial charge in [0.2, 0.25) is 10.0 Å². The van der Waals surface area contributed by atoms with Gasteiger partial charge in [0.1, 0.15) is 10.6 Å². The Bertz CT molecular complexity index is 569. The van der Waals surface area contributed by atoms with Crippen LogP contribution in [0.3, 0.4) is 0 Å². The smallest absolute Gasteiger partial charge is 0.244 e. The Balaban J connectivity index is 1.98. The van der Waals surface area contributed by atoms with Gasteiger partial charge in [-0.25, -0.2) is 13.1 Å². The maximum absolute atomic E-state index is 12.3. The van der Waals surface area contributed by atoms with Gasteiger partial charge in [0.05, 0.1) is 7.11 Å². The number of nitrogens with two attached hydrogens (primary N) is 1. The molecular formula is C14H23N3O3S. The van der Waals surface area contributed by atoms with Crippen LogP contribution in [0, 0.1) is 0 Å². The highest BCUT2D eigenvalue weighted by molar-refractivity contribution is 7.89.